The van der Waals surface area contributed by atoms with Crippen LogP contribution in [-0.2, 0) is 6.42 Å². The first kappa shape index (κ1) is 10.6. The van der Waals surface area contributed by atoms with Gasteiger partial charge in [0.05, 0.1) is 5.52 Å². The predicted molar refractivity (Wildman–Crippen MR) is 63.5 cm³/mol. The van der Waals surface area contributed by atoms with Crippen LogP contribution in [0.4, 0.5) is 0 Å². The molecular weight excluding hydrogens is 256 g/mol. The van der Waals surface area contributed by atoms with Crippen molar-refractivity contribution in [3.8, 4) is 0 Å². The van der Waals surface area contributed by atoms with Gasteiger partial charge in [0.2, 0.25) is 0 Å². The summed E-state index contributed by atoms with van der Waals surface area (Å²) in [5, 5.41) is 0. The van der Waals surface area contributed by atoms with E-state index in [1.807, 2.05) is 6.07 Å². The van der Waals surface area contributed by atoms with Gasteiger partial charge in [0.1, 0.15) is 5.82 Å². The molecule has 2 rings (SSSR count). The van der Waals surface area contributed by atoms with Crippen molar-refractivity contribution in [3.05, 3.63) is 22.6 Å². The molecule has 3 N–H and O–H groups in total. The van der Waals surface area contributed by atoms with Gasteiger partial charge in [0, 0.05) is 17.1 Å². The molecule has 4 nitrogen and oxygen atoms in total. The Morgan fingerprint density at radius 1 is 1.60 bits per heavy atom. The summed E-state index contributed by atoms with van der Waals surface area (Å²) in [6.07, 6.45) is 2.61. The largest absolute Gasteiger partial charge is 0.341 e. The standard InChI is InChI=1S/C10H13BrN4/c1-6(4-12)2-9-14-8-3-7(11)5-13-10(8)15-9/h3,5-6H,2,4,12H2,1H3,(H,13,14,15). The first-order valence-corrected chi connectivity index (χ1v) is 5.68. The molecule has 2 heterocycles. The predicted octanol–water partition coefficient (Wildman–Crippen LogP) is 1.86. The van der Waals surface area contributed by atoms with E-state index in [1.54, 1.807) is 6.20 Å². The molecule has 2 aromatic heterocycles. The molecule has 1 unspecified atom stereocenters. The van der Waals surface area contributed by atoms with Crippen molar-refractivity contribution < 1.29 is 0 Å². The van der Waals surface area contributed by atoms with E-state index >= 15 is 0 Å². The normalized spacial score (nSPS) is 13.3. The number of nitrogens with two attached hydrogens (primary N) is 1. The minimum absolute atomic E-state index is 0.439. The molecule has 0 aliphatic carbocycles. The van der Waals surface area contributed by atoms with Crippen molar-refractivity contribution in [1.82, 2.24) is 15.0 Å². The Balaban J connectivity index is 2.30. The van der Waals surface area contributed by atoms with Crippen LogP contribution >= 0.6 is 15.9 Å². The maximum absolute atomic E-state index is 5.57. The third-order valence-electron chi connectivity index (χ3n) is 2.30. The Kier molecular flexibility index (Phi) is 3.02. The molecule has 0 amide bonds. The van der Waals surface area contributed by atoms with Crippen molar-refractivity contribution in [2.75, 3.05) is 6.54 Å². The Morgan fingerprint density at radius 2 is 2.40 bits per heavy atom. The van der Waals surface area contributed by atoms with E-state index in [4.69, 9.17) is 5.73 Å². The van der Waals surface area contributed by atoms with E-state index in [9.17, 15) is 0 Å². The molecule has 0 aliphatic heterocycles. The van der Waals surface area contributed by atoms with Gasteiger partial charge < -0.3 is 10.7 Å². The average Bonchev–Trinajstić information content (AvgIpc) is 2.59. The van der Waals surface area contributed by atoms with Gasteiger partial charge in [-0.3, -0.25) is 0 Å². The molecule has 5 heteroatoms. The number of fused-ring (bicyclic) bond motifs is 1. The van der Waals surface area contributed by atoms with E-state index in [0.29, 0.717) is 12.5 Å². The van der Waals surface area contributed by atoms with Crippen LogP contribution in [0.5, 0.6) is 0 Å². The lowest BCUT2D eigenvalue weighted by molar-refractivity contribution is 0.578. The number of nitrogens with one attached hydrogen (secondary N) is 1. The first-order chi connectivity index (χ1) is 7.19. The number of aromatic amines is 1. The molecule has 0 fully saturated rings. The number of aromatic nitrogens is 3. The van der Waals surface area contributed by atoms with Gasteiger partial charge in [-0.1, -0.05) is 6.92 Å². The first-order valence-electron chi connectivity index (χ1n) is 4.89. The number of pyridine rings is 1. The second kappa shape index (κ2) is 4.28. The summed E-state index contributed by atoms with van der Waals surface area (Å²) in [5.41, 5.74) is 7.30. The maximum atomic E-state index is 5.57. The Labute approximate surface area is 96.4 Å². The van der Waals surface area contributed by atoms with Crippen LogP contribution in [0, 0.1) is 5.92 Å². The molecule has 15 heavy (non-hydrogen) atoms. The summed E-state index contributed by atoms with van der Waals surface area (Å²) >= 11 is 3.38. The molecule has 0 aliphatic rings. The lowest BCUT2D eigenvalue weighted by Gasteiger charge is -2.03. The fourth-order valence-corrected chi connectivity index (χ4v) is 1.77. The fourth-order valence-electron chi connectivity index (χ4n) is 1.43. The second-order valence-electron chi connectivity index (χ2n) is 3.75. The lowest BCUT2D eigenvalue weighted by atomic mass is 10.1. The minimum atomic E-state index is 0.439. The van der Waals surface area contributed by atoms with Gasteiger partial charge in [0.25, 0.3) is 0 Å². The molecule has 0 aromatic carbocycles. The van der Waals surface area contributed by atoms with Gasteiger partial charge in [-0.05, 0) is 34.5 Å². The van der Waals surface area contributed by atoms with Crippen LogP contribution in [0.15, 0.2) is 16.7 Å². The molecule has 80 valence electrons. The van der Waals surface area contributed by atoms with Crippen LogP contribution < -0.4 is 5.73 Å². The van der Waals surface area contributed by atoms with E-state index in [-0.39, 0.29) is 0 Å². The third-order valence-corrected chi connectivity index (χ3v) is 2.73. The van der Waals surface area contributed by atoms with Crippen LogP contribution in [0.25, 0.3) is 11.2 Å². The highest BCUT2D eigenvalue weighted by Crippen LogP contribution is 2.16. The van der Waals surface area contributed by atoms with E-state index in [1.165, 1.54) is 0 Å². The molecule has 1 atom stereocenters. The topological polar surface area (TPSA) is 67.6 Å². The van der Waals surface area contributed by atoms with Crippen molar-refractivity contribution in [2.45, 2.75) is 13.3 Å². The molecule has 0 saturated heterocycles. The molecule has 0 spiro atoms. The number of hydrogen-bond donors (Lipinski definition) is 2. The highest BCUT2D eigenvalue weighted by Gasteiger charge is 2.07. The number of hydrogen-bond acceptors (Lipinski definition) is 3. The molecule has 2 aromatic rings. The zero-order valence-corrected chi connectivity index (χ0v) is 10.1. The zero-order chi connectivity index (χ0) is 10.8. The van der Waals surface area contributed by atoms with Crippen LogP contribution in [0.3, 0.4) is 0 Å². The SMILES string of the molecule is CC(CN)Cc1nc2ncc(Br)cc2[nH]1. The van der Waals surface area contributed by atoms with Crippen LogP contribution in [0.2, 0.25) is 0 Å². The van der Waals surface area contributed by atoms with Crippen molar-refractivity contribution in [2.24, 2.45) is 11.7 Å². The summed E-state index contributed by atoms with van der Waals surface area (Å²) in [6, 6.07) is 1.98. The number of halogens is 1. The Bertz CT molecular complexity index is 465. The highest BCUT2D eigenvalue weighted by atomic mass is 79.9. The number of imidazole rings is 1. The lowest BCUT2D eigenvalue weighted by Crippen LogP contribution is -2.13. The zero-order valence-electron chi connectivity index (χ0n) is 8.50. The monoisotopic (exact) mass is 268 g/mol. The number of H-pyrrole nitrogens is 1. The van der Waals surface area contributed by atoms with Gasteiger partial charge in [-0.2, -0.15) is 0 Å². The number of rotatable bonds is 3. The smallest absolute Gasteiger partial charge is 0.177 e. The Hall–Kier alpha value is -0.940. The summed E-state index contributed by atoms with van der Waals surface area (Å²) < 4.78 is 0.956. The average molecular weight is 269 g/mol. The van der Waals surface area contributed by atoms with Gasteiger partial charge in [-0.15, -0.1) is 0 Å². The second-order valence-corrected chi connectivity index (χ2v) is 4.67. The molecule has 0 bridgehead atoms. The molecule has 0 saturated carbocycles. The highest BCUT2D eigenvalue weighted by molar-refractivity contribution is 9.10. The van der Waals surface area contributed by atoms with Crippen molar-refractivity contribution in [3.63, 3.8) is 0 Å². The van der Waals surface area contributed by atoms with Crippen molar-refractivity contribution >= 4 is 27.1 Å². The van der Waals surface area contributed by atoms with Crippen LogP contribution in [-0.4, -0.2) is 21.5 Å². The molecule has 0 radical (unpaired) electrons. The van der Waals surface area contributed by atoms with Crippen LogP contribution in [0.1, 0.15) is 12.7 Å². The van der Waals surface area contributed by atoms with E-state index < -0.39 is 0 Å². The van der Waals surface area contributed by atoms with Gasteiger partial charge >= 0.3 is 0 Å². The summed E-state index contributed by atoms with van der Waals surface area (Å²) in [7, 11) is 0. The third kappa shape index (κ3) is 2.35. The maximum Gasteiger partial charge on any atom is 0.177 e. The fraction of sp³-hybridized carbons (Fsp3) is 0.400. The minimum Gasteiger partial charge on any atom is -0.341 e. The van der Waals surface area contributed by atoms with E-state index in [0.717, 1.165) is 27.9 Å². The summed E-state index contributed by atoms with van der Waals surface area (Å²) in [6.45, 7) is 2.78. The van der Waals surface area contributed by atoms with Gasteiger partial charge in [-0.25, -0.2) is 9.97 Å². The summed E-state index contributed by atoms with van der Waals surface area (Å²) in [4.78, 5) is 11.9. The Morgan fingerprint density at radius 3 is 3.13 bits per heavy atom. The van der Waals surface area contributed by atoms with Crippen molar-refractivity contribution in [1.29, 1.82) is 0 Å². The number of nitrogens with zero attached hydrogens (tertiary/aromatic N) is 2. The van der Waals surface area contributed by atoms with E-state index in [2.05, 4.69) is 37.8 Å². The molecular formula is C10H13BrN4. The summed E-state index contributed by atoms with van der Waals surface area (Å²) in [5.74, 6) is 1.39. The van der Waals surface area contributed by atoms with Gasteiger partial charge in [0.15, 0.2) is 5.65 Å². The quantitative estimate of drug-likeness (QED) is 0.893.